The molecule has 1 aromatic heterocycles. The zero-order chi connectivity index (χ0) is 27.0. The Morgan fingerprint density at radius 3 is 2.55 bits per heavy atom. The van der Waals surface area contributed by atoms with Crippen LogP contribution in [0, 0.1) is 0 Å². The summed E-state index contributed by atoms with van der Waals surface area (Å²) >= 11 is 0. The zero-order valence-electron chi connectivity index (χ0n) is 21.6. The number of morpholine rings is 1. The number of ether oxygens (including phenoxy) is 2. The predicted molar refractivity (Wildman–Crippen MR) is 143 cm³/mol. The highest BCUT2D eigenvalue weighted by molar-refractivity contribution is 7.89. The fraction of sp³-hybridized carbons (Fsp3) is 0.560. The van der Waals surface area contributed by atoms with Crippen LogP contribution in [0.4, 0.5) is 17.5 Å². The van der Waals surface area contributed by atoms with Crippen molar-refractivity contribution in [1.29, 1.82) is 0 Å². The normalized spacial score (nSPS) is 20.6. The monoisotopic (exact) mass is 548 g/mol. The summed E-state index contributed by atoms with van der Waals surface area (Å²) < 4.78 is 37.5. The van der Waals surface area contributed by atoms with Gasteiger partial charge in [0.25, 0.3) is 5.91 Å². The van der Waals surface area contributed by atoms with E-state index in [0.717, 1.165) is 19.3 Å². The van der Waals surface area contributed by atoms with Gasteiger partial charge < -0.3 is 30.5 Å². The molecule has 0 bridgehead atoms. The molecule has 0 atom stereocenters. The van der Waals surface area contributed by atoms with Crippen LogP contribution in [0.15, 0.2) is 35.4 Å². The van der Waals surface area contributed by atoms with Crippen LogP contribution in [0.5, 0.6) is 0 Å². The maximum Gasteiger partial charge on any atom is 0.260 e. The van der Waals surface area contributed by atoms with Crippen molar-refractivity contribution in [2.75, 3.05) is 62.5 Å². The van der Waals surface area contributed by atoms with Crippen LogP contribution in [0.25, 0.3) is 0 Å². The molecule has 1 aliphatic carbocycles. The number of carbonyl (C=O) groups is 1. The third-order valence-corrected chi connectivity index (χ3v) is 8.51. The standard InChI is InChI=1S/C25H36N6O6S/c1-36-14-2-11-26-25-27-17-22(23(30-25)28-18-3-7-20(32)8-4-18)24(33)29-19-5-9-21(10-6-19)38(34,35)31-12-15-37-16-13-31/h5-6,9-10,17-18,20,32H,2-4,7-8,11-16H2,1H3,(H,29,33)(H2,26,27,28,30)/t18-,20-. The second-order valence-electron chi connectivity index (χ2n) is 9.37. The molecule has 2 fully saturated rings. The maximum atomic E-state index is 13.2. The molecule has 0 spiro atoms. The van der Waals surface area contributed by atoms with Crippen LogP contribution in [0.3, 0.4) is 0 Å². The molecule has 4 rings (SSSR count). The smallest absolute Gasteiger partial charge is 0.260 e. The maximum absolute atomic E-state index is 13.2. The van der Waals surface area contributed by atoms with Crippen molar-refractivity contribution in [2.45, 2.75) is 49.1 Å². The topological polar surface area (TPSA) is 155 Å². The first kappa shape index (κ1) is 28.2. The third-order valence-electron chi connectivity index (χ3n) is 6.60. The summed E-state index contributed by atoms with van der Waals surface area (Å²) in [6, 6.07) is 6.17. The Bertz CT molecular complexity index is 1170. The summed E-state index contributed by atoms with van der Waals surface area (Å²) in [4.78, 5) is 22.2. The number of nitrogens with one attached hydrogen (secondary N) is 3. The number of aliphatic hydroxyl groups is 1. The number of benzene rings is 1. The quantitative estimate of drug-likeness (QED) is 0.306. The molecule has 13 heteroatoms. The number of sulfonamides is 1. The molecule has 1 aromatic carbocycles. The number of amides is 1. The zero-order valence-corrected chi connectivity index (χ0v) is 22.4. The van der Waals surface area contributed by atoms with Gasteiger partial charge in [-0.25, -0.2) is 13.4 Å². The number of aromatic nitrogens is 2. The number of hydrogen-bond acceptors (Lipinski definition) is 10. The summed E-state index contributed by atoms with van der Waals surface area (Å²) in [5.74, 6) is 0.381. The van der Waals surface area contributed by atoms with Gasteiger partial charge in [0.2, 0.25) is 16.0 Å². The molecule has 1 amide bonds. The van der Waals surface area contributed by atoms with E-state index in [0.29, 0.717) is 69.8 Å². The first-order valence-electron chi connectivity index (χ1n) is 12.9. The average Bonchev–Trinajstić information content (AvgIpc) is 2.93. The van der Waals surface area contributed by atoms with E-state index < -0.39 is 15.9 Å². The van der Waals surface area contributed by atoms with Crippen molar-refractivity contribution in [1.82, 2.24) is 14.3 Å². The van der Waals surface area contributed by atoms with Crippen LogP contribution < -0.4 is 16.0 Å². The Hall–Kier alpha value is -2.84. The molecule has 2 heterocycles. The third kappa shape index (κ3) is 7.38. The highest BCUT2D eigenvalue weighted by Gasteiger charge is 2.26. The van der Waals surface area contributed by atoms with E-state index in [2.05, 4.69) is 25.9 Å². The summed E-state index contributed by atoms with van der Waals surface area (Å²) in [6.45, 7) is 2.59. The van der Waals surface area contributed by atoms with Gasteiger partial charge in [-0.15, -0.1) is 0 Å². The van der Waals surface area contributed by atoms with Gasteiger partial charge in [0.1, 0.15) is 11.4 Å². The van der Waals surface area contributed by atoms with Gasteiger partial charge in [-0.05, 0) is 56.4 Å². The number of anilines is 3. The Morgan fingerprint density at radius 1 is 1.16 bits per heavy atom. The van der Waals surface area contributed by atoms with Crippen LogP contribution >= 0.6 is 0 Å². The lowest BCUT2D eigenvalue weighted by Crippen LogP contribution is -2.40. The van der Waals surface area contributed by atoms with Crippen molar-refractivity contribution < 1.29 is 27.8 Å². The van der Waals surface area contributed by atoms with E-state index in [-0.39, 0.29) is 22.6 Å². The summed E-state index contributed by atoms with van der Waals surface area (Å²) in [5, 5.41) is 19.2. The molecule has 2 aliphatic rings. The van der Waals surface area contributed by atoms with Gasteiger partial charge in [0.15, 0.2) is 0 Å². The Morgan fingerprint density at radius 2 is 1.87 bits per heavy atom. The van der Waals surface area contributed by atoms with E-state index in [1.54, 1.807) is 19.2 Å². The highest BCUT2D eigenvalue weighted by atomic mass is 32.2. The molecule has 0 radical (unpaired) electrons. The van der Waals surface area contributed by atoms with Gasteiger partial charge >= 0.3 is 0 Å². The summed E-state index contributed by atoms with van der Waals surface area (Å²) in [6.07, 6.45) is 4.86. The first-order chi connectivity index (χ1) is 18.4. The molecule has 1 aliphatic heterocycles. The number of methoxy groups -OCH3 is 1. The van der Waals surface area contributed by atoms with Crippen LogP contribution in [0.1, 0.15) is 42.5 Å². The van der Waals surface area contributed by atoms with Gasteiger partial charge in [0.05, 0.1) is 24.2 Å². The first-order valence-corrected chi connectivity index (χ1v) is 14.3. The number of rotatable bonds is 11. The van der Waals surface area contributed by atoms with Crippen LogP contribution in [0.2, 0.25) is 0 Å². The second-order valence-corrected chi connectivity index (χ2v) is 11.3. The summed E-state index contributed by atoms with van der Waals surface area (Å²) in [5.41, 5.74) is 0.716. The van der Waals surface area contributed by atoms with E-state index in [9.17, 15) is 18.3 Å². The Balaban J connectivity index is 1.47. The number of aliphatic hydroxyl groups excluding tert-OH is 1. The van der Waals surface area contributed by atoms with Crippen LogP contribution in [-0.2, 0) is 19.5 Å². The number of hydrogen-bond donors (Lipinski definition) is 4. The van der Waals surface area contributed by atoms with Gasteiger partial charge in [0, 0.05) is 51.3 Å². The van der Waals surface area contributed by atoms with Crippen molar-refractivity contribution in [2.24, 2.45) is 0 Å². The van der Waals surface area contributed by atoms with Crippen molar-refractivity contribution in [3.8, 4) is 0 Å². The number of nitrogens with zero attached hydrogens (tertiary/aromatic N) is 3. The fourth-order valence-corrected chi connectivity index (χ4v) is 5.83. The van der Waals surface area contributed by atoms with Gasteiger partial charge in [-0.1, -0.05) is 0 Å². The van der Waals surface area contributed by atoms with E-state index in [4.69, 9.17) is 9.47 Å². The second kappa shape index (κ2) is 13.3. The predicted octanol–water partition coefficient (Wildman–Crippen LogP) is 1.91. The molecular formula is C25H36N6O6S. The van der Waals surface area contributed by atoms with Gasteiger partial charge in [-0.3, -0.25) is 4.79 Å². The molecule has 38 heavy (non-hydrogen) atoms. The van der Waals surface area contributed by atoms with Crippen molar-refractivity contribution in [3.05, 3.63) is 36.0 Å². The molecule has 1 saturated carbocycles. The molecule has 2 aromatic rings. The minimum atomic E-state index is -3.62. The minimum absolute atomic E-state index is 0.0749. The van der Waals surface area contributed by atoms with Crippen LogP contribution in [-0.4, -0.2) is 92.4 Å². The lowest BCUT2D eigenvalue weighted by atomic mass is 9.93. The lowest BCUT2D eigenvalue weighted by Gasteiger charge is -2.27. The number of carbonyl (C=O) groups excluding carboxylic acids is 1. The van der Waals surface area contributed by atoms with E-state index >= 15 is 0 Å². The average molecular weight is 549 g/mol. The van der Waals surface area contributed by atoms with E-state index in [1.807, 2.05) is 0 Å². The lowest BCUT2D eigenvalue weighted by molar-refractivity contribution is 0.0730. The fourth-order valence-electron chi connectivity index (χ4n) is 4.42. The highest BCUT2D eigenvalue weighted by Crippen LogP contribution is 2.25. The SMILES string of the molecule is COCCCNc1ncc(C(=O)Nc2ccc(S(=O)(=O)N3CCOCC3)cc2)c(N[C@H]2CC[C@H](O)CC2)n1. The molecule has 0 unspecified atom stereocenters. The molecular weight excluding hydrogens is 512 g/mol. The van der Waals surface area contributed by atoms with E-state index in [1.165, 1.54) is 22.6 Å². The Kier molecular flexibility index (Phi) is 9.86. The molecule has 208 valence electrons. The minimum Gasteiger partial charge on any atom is -0.393 e. The summed E-state index contributed by atoms with van der Waals surface area (Å²) in [7, 11) is -1.98. The largest absolute Gasteiger partial charge is 0.393 e. The molecule has 1 saturated heterocycles. The van der Waals surface area contributed by atoms with Gasteiger partial charge in [-0.2, -0.15) is 9.29 Å². The van der Waals surface area contributed by atoms with Crippen molar-refractivity contribution in [3.63, 3.8) is 0 Å². The Labute approximate surface area is 223 Å². The van der Waals surface area contributed by atoms with Crippen molar-refractivity contribution >= 4 is 33.4 Å². The molecule has 4 N–H and O–H groups in total. The molecule has 12 nitrogen and oxygen atoms in total.